The monoisotopic (exact) mass is 463 g/mol. The number of morpholine rings is 1. The first-order valence-electron chi connectivity index (χ1n) is 9.88. The number of rotatable bonds is 5. The van der Waals surface area contributed by atoms with Gasteiger partial charge in [-0.2, -0.15) is 0 Å². The van der Waals surface area contributed by atoms with Crippen LogP contribution in [-0.2, 0) is 4.74 Å². The van der Waals surface area contributed by atoms with Gasteiger partial charge in [0.15, 0.2) is 5.13 Å². The standard InChI is InChI=1S/C22H23Cl2N3O2S/c1-14-3-4-15(2)20-19(14)25-22(30-20)27(8-7-26-9-11-29-12-10-26)21(28)17-13-16(23)5-6-18(17)24/h3-6,13H,7-12H2,1-2H3. The Labute approximate surface area is 190 Å². The number of benzene rings is 2. The summed E-state index contributed by atoms with van der Waals surface area (Å²) >= 11 is 14.0. The van der Waals surface area contributed by atoms with Crippen LogP contribution in [-0.4, -0.2) is 55.2 Å². The molecule has 5 nitrogen and oxygen atoms in total. The number of aryl methyl sites for hydroxylation is 2. The molecule has 1 aliphatic rings. The van der Waals surface area contributed by atoms with Crippen molar-refractivity contribution in [2.24, 2.45) is 0 Å². The van der Waals surface area contributed by atoms with Crippen LogP contribution in [0, 0.1) is 13.8 Å². The van der Waals surface area contributed by atoms with E-state index in [1.54, 1.807) is 34.4 Å². The van der Waals surface area contributed by atoms with Crippen LogP contribution in [0.25, 0.3) is 10.2 Å². The zero-order chi connectivity index (χ0) is 21.3. The van der Waals surface area contributed by atoms with E-state index in [9.17, 15) is 4.79 Å². The minimum atomic E-state index is -0.190. The first kappa shape index (κ1) is 21.5. The molecule has 1 amide bonds. The molecule has 0 saturated carbocycles. The Hall–Kier alpha value is -1.70. The van der Waals surface area contributed by atoms with Crippen LogP contribution in [0.15, 0.2) is 30.3 Å². The number of thiazole rings is 1. The summed E-state index contributed by atoms with van der Waals surface area (Å²) in [6.45, 7) is 8.51. The highest BCUT2D eigenvalue weighted by molar-refractivity contribution is 7.22. The smallest absolute Gasteiger partial charge is 0.261 e. The first-order valence-corrected chi connectivity index (χ1v) is 11.4. The molecule has 2 heterocycles. The van der Waals surface area contributed by atoms with Gasteiger partial charge in [0.05, 0.1) is 34.0 Å². The summed E-state index contributed by atoms with van der Waals surface area (Å²) in [6.07, 6.45) is 0. The van der Waals surface area contributed by atoms with Gasteiger partial charge in [-0.25, -0.2) is 4.98 Å². The largest absolute Gasteiger partial charge is 0.379 e. The van der Waals surface area contributed by atoms with Crippen molar-refractivity contribution in [2.45, 2.75) is 13.8 Å². The lowest BCUT2D eigenvalue weighted by Gasteiger charge is -2.29. The molecule has 8 heteroatoms. The third-order valence-corrected chi connectivity index (χ3v) is 7.09. The molecule has 1 fully saturated rings. The Bertz CT molecular complexity index is 1040. The van der Waals surface area contributed by atoms with Crippen LogP contribution in [0.4, 0.5) is 5.13 Å². The number of anilines is 1. The minimum absolute atomic E-state index is 0.190. The number of carbonyl (C=O) groups is 1. The molecular weight excluding hydrogens is 441 g/mol. The van der Waals surface area contributed by atoms with E-state index in [1.165, 1.54) is 0 Å². The molecule has 4 rings (SSSR count). The highest BCUT2D eigenvalue weighted by Crippen LogP contribution is 2.34. The maximum atomic E-state index is 13.5. The van der Waals surface area contributed by atoms with Crippen molar-refractivity contribution in [3.63, 3.8) is 0 Å². The predicted octanol–water partition coefficient (Wildman–Crippen LogP) is 5.20. The van der Waals surface area contributed by atoms with Crippen molar-refractivity contribution in [2.75, 3.05) is 44.3 Å². The molecule has 0 radical (unpaired) electrons. The van der Waals surface area contributed by atoms with Gasteiger partial charge in [0.1, 0.15) is 0 Å². The molecule has 0 N–H and O–H groups in total. The maximum absolute atomic E-state index is 13.5. The van der Waals surface area contributed by atoms with Crippen LogP contribution < -0.4 is 4.90 Å². The molecule has 0 aliphatic carbocycles. The molecule has 1 saturated heterocycles. The normalized spacial score (nSPS) is 14.9. The van der Waals surface area contributed by atoms with E-state index < -0.39 is 0 Å². The predicted molar refractivity (Wildman–Crippen MR) is 124 cm³/mol. The van der Waals surface area contributed by atoms with E-state index in [0.717, 1.165) is 41.0 Å². The number of nitrogens with zero attached hydrogens (tertiary/aromatic N) is 3. The number of aromatic nitrogens is 1. The van der Waals surface area contributed by atoms with E-state index >= 15 is 0 Å². The Morgan fingerprint density at radius 1 is 1.17 bits per heavy atom. The second-order valence-corrected chi connectivity index (χ2v) is 9.23. The minimum Gasteiger partial charge on any atom is -0.379 e. The molecule has 3 aromatic rings. The number of fused-ring (bicyclic) bond motifs is 1. The van der Waals surface area contributed by atoms with Crippen molar-refractivity contribution in [3.8, 4) is 0 Å². The van der Waals surface area contributed by atoms with Crippen LogP contribution >= 0.6 is 34.5 Å². The molecular formula is C22H23Cl2N3O2S. The van der Waals surface area contributed by atoms with E-state index in [-0.39, 0.29) is 5.91 Å². The fourth-order valence-corrected chi connectivity index (χ4v) is 5.03. The number of halogens is 2. The summed E-state index contributed by atoms with van der Waals surface area (Å²) in [5, 5.41) is 1.54. The lowest BCUT2D eigenvalue weighted by atomic mass is 10.1. The fourth-order valence-electron chi connectivity index (χ4n) is 3.52. The number of carbonyl (C=O) groups excluding carboxylic acids is 1. The first-order chi connectivity index (χ1) is 14.4. The average molecular weight is 464 g/mol. The SMILES string of the molecule is Cc1ccc(C)c2sc(N(CCN3CCOCC3)C(=O)c3cc(Cl)ccc3Cl)nc12. The molecule has 158 valence electrons. The third kappa shape index (κ3) is 4.48. The highest BCUT2D eigenvalue weighted by atomic mass is 35.5. The molecule has 2 aromatic carbocycles. The number of amides is 1. The van der Waals surface area contributed by atoms with E-state index in [2.05, 4.69) is 24.0 Å². The van der Waals surface area contributed by atoms with Crippen LogP contribution in [0.1, 0.15) is 21.5 Å². The molecule has 1 aromatic heterocycles. The summed E-state index contributed by atoms with van der Waals surface area (Å²) in [5.41, 5.74) is 3.58. The summed E-state index contributed by atoms with van der Waals surface area (Å²) < 4.78 is 6.54. The van der Waals surface area contributed by atoms with Gasteiger partial charge >= 0.3 is 0 Å². The number of hydrogen-bond acceptors (Lipinski definition) is 5. The summed E-state index contributed by atoms with van der Waals surface area (Å²) in [4.78, 5) is 22.4. The lowest BCUT2D eigenvalue weighted by molar-refractivity contribution is 0.0391. The van der Waals surface area contributed by atoms with Crippen LogP contribution in [0.5, 0.6) is 0 Å². The van der Waals surface area contributed by atoms with Crippen molar-refractivity contribution >= 4 is 55.8 Å². The van der Waals surface area contributed by atoms with Crippen molar-refractivity contribution in [1.82, 2.24) is 9.88 Å². The number of ether oxygens (including phenoxy) is 1. The van der Waals surface area contributed by atoms with E-state index in [4.69, 9.17) is 32.9 Å². The topological polar surface area (TPSA) is 45.7 Å². The highest BCUT2D eigenvalue weighted by Gasteiger charge is 2.25. The fraction of sp³-hybridized carbons (Fsp3) is 0.364. The number of hydrogen-bond donors (Lipinski definition) is 0. The summed E-state index contributed by atoms with van der Waals surface area (Å²) in [6, 6.07) is 9.12. The van der Waals surface area contributed by atoms with Gasteiger partial charge in [-0.05, 0) is 43.2 Å². The van der Waals surface area contributed by atoms with E-state index in [0.29, 0.717) is 40.5 Å². The molecule has 30 heavy (non-hydrogen) atoms. The summed E-state index contributed by atoms with van der Waals surface area (Å²) in [5.74, 6) is -0.190. The Morgan fingerprint density at radius 2 is 1.90 bits per heavy atom. The van der Waals surface area contributed by atoms with Crippen molar-refractivity contribution in [1.29, 1.82) is 0 Å². The van der Waals surface area contributed by atoms with Crippen LogP contribution in [0.2, 0.25) is 10.0 Å². The average Bonchev–Trinajstić information content (AvgIpc) is 3.20. The van der Waals surface area contributed by atoms with Gasteiger partial charge in [0, 0.05) is 31.2 Å². The Kier molecular flexibility index (Phi) is 6.60. The molecule has 0 unspecified atom stereocenters. The second kappa shape index (κ2) is 9.20. The van der Waals surface area contributed by atoms with Crippen LogP contribution in [0.3, 0.4) is 0 Å². The summed E-state index contributed by atoms with van der Waals surface area (Å²) in [7, 11) is 0. The van der Waals surface area contributed by atoms with Gasteiger partial charge in [0.2, 0.25) is 0 Å². The van der Waals surface area contributed by atoms with Gasteiger partial charge in [-0.1, -0.05) is 46.7 Å². The second-order valence-electron chi connectivity index (χ2n) is 7.41. The zero-order valence-electron chi connectivity index (χ0n) is 17.0. The van der Waals surface area contributed by atoms with E-state index in [1.807, 2.05) is 6.92 Å². The molecule has 0 spiro atoms. The maximum Gasteiger partial charge on any atom is 0.261 e. The van der Waals surface area contributed by atoms with Gasteiger partial charge in [-0.15, -0.1) is 0 Å². The third-order valence-electron chi connectivity index (χ3n) is 5.31. The van der Waals surface area contributed by atoms with Crippen molar-refractivity contribution in [3.05, 3.63) is 57.1 Å². The van der Waals surface area contributed by atoms with Gasteiger partial charge in [0.25, 0.3) is 5.91 Å². The van der Waals surface area contributed by atoms with Gasteiger partial charge < -0.3 is 4.74 Å². The quantitative estimate of drug-likeness (QED) is 0.521. The van der Waals surface area contributed by atoms with Gasteiger partial charge in [-0.3, -0.25) is 14.6 Å². The molecule has 0 atom stereocenters. The Balaban J connectivity index is 1.71. The van der Waals surface area contributed by atoms with Crippen molar-refractivity contribution < 1.29 is 9.53 Å². The zero-order valence-corrected chi connectivity index (χ0v) is 19.3. The lowest BCUT2D eigenvalue weighted by Crippen LogP contribution is -2.43. The Morgan fingerprint density at radius 3 is 2.63 bits per heavy atom. The molecule has 1 aliphatic heterocycles. The molecule has 0 bridgehead atoms.